The minimum atomic E-state index is -0.817. The first-order valence-corrected chi connectivity index (χ1v) is 8.19. The van der Waals surface area contributed by atoms with Crippen molar-refractivity contribution in [2.75, 3.05) is 19.6 Å². The van der Waals surface area contributed by atoms with Crippen molar-refractivity contribution in [2.24, 2.45) is 0 Å². The zero-order chi connectivity index (χ0) is 15.8. The molecule has 1 aromatic carbocycles. The van der Waals surface area contributed by atoms with Gasteiger partial charge in [0.2, 0.25) is 0 Å². The van der Waals surface area contributed by atoms with Crippen molar-refractivity contribution in [3.63, 3.8) is 0 Å². The quantitative estimate of drug-likeness (QED) is 0.470. The van der Waals surface area contributed by atoms with Crippen molar-refractivity contribution in [1.29, 1.82) is 0 Å². The molecule has 0 aliphatic carbocycles. The third kappa shape index (κ3) is 7.57. The molecule has 4 heteroatoms. The number of benzene rings is 1. The van der Waals surface area contributed by atoms with Crippen molar-refractivity contribution in [2.45, 2.75) is 38.7 Å². The molecule has 3 nitrogen and oxygen atoms in total. The Hall–Kier alpha value is -0.0605. The van der Waals surface area contributed by atoms with E-state index in [1.54, 1.807) is 6.92 Å². The Kier molecular flexibility index (Phi) is 10.5. The van der Waals surface area contributed by atoms with E-state index in [-0.39, 0.29) is 52.7 Å². The number of rotatable bonds is 7. The first-order valence-electron chi connectivity index (χ1n) is 8.19. The number of hydrogen-bond acceptors (Lipinski definition) is 3. The topological polar surface area (TPSA) is 43.7 Å². The third-order valence-electron chi connectivity index (χ3n) is 4.13. The van der Waals surface area contributed by atoms with Crippen LogP contribution < -0.4 is 0 Å². The predicted octanol–water partition coefficient (Wildman–Crippen LogP) is 3.46. The Balaban J connectivity index is 0.00000264. The third-order valence-corrected chi connectivity index (χ3v) is 4.13. The normalized spacial score (nSPS) is 17.8. The van der Waals surface area contributed by atoms with Crippen LogP contribution in [0.4, 0.5) is 0 Å². The molecule has 1 aliphatic rings. The maximum atomic E-state index is 10.1. The van der Waals surface area contributed by atoms with E-state index in [0.29, 0.717) is 0 Å². The van der Waals surface area contributed by atoms with Crippen molar-refractivity contribution in [3.05, 3.63) is 59.4 Å². The fraction of sp³-hybridized carbons (Fsp3) is 0.474. The van der Waals surface area contributed by atoms with Crippen molar-refractivity contribution < 1.29 is 57.1 Å². The summed E-state index contributed by atoms with van der Waals surface area (Å²) in [6.45, 7) is 4.85. The van der Waals surface area contributed by atoms with Crippen LogP contribution >= 0.6 is 0 Å². The summed E-state index contributed by atoms with van der Waals surface area (Å²) >= 11 is 0. The number of aryl methyl sites for hydroxylation is 1. The molecule has 1 atom stereocenters. The van der Waals surface area contributed by atoms with Gasteiger partial charge in [-0.15, -0.1) is 0 Å². The average Bonchev–Trinajstić information content (AvgIpc) is 3.04. The molecule has 2 rings (SSSR count). The molecule has 0 saturated carbocycles. The van der Waals surface area contributed by atoms with Gasteiger partial charge in [-0.05, 0) is 56.8 Å². The largest absolute Gasteiger partial charge is 3.00 e. The standard InChI is InChI=1S/C19H27NO2.Yb/c1-16(21)19(22)18(10-7-15-20-13-5-6-14-20)12-11-17-8-3-2-4-9-17;/h2-4,7-10,16,21-22H,5-6,11-15H2,1H3;/q;+3/b10-7+,19-18-;. The smallest absolute Gasteiger partial charge is 0.509 e. The van der Waals surface area contributed by atoms with E-state index in [0.717, 1.165) is 38.0 Å². The molecule has 1 aliphatic heterocycles. The van der Waals surface area contributed by atoms with Gasteiger partial charge in [-0.2, -0.15) is 0 Å². The molecule has 1 fully saturated rings. The fourth-order valence-corrected chi connectivity index (χ4v) is 2.80. The number of allylic oxidation sites excluding steroid dienone is 2. The van der Waals surface area contributed by atoms with E-state index in [4.69, 9.17) is 0 Å². The van der Waals surface area contributed by atoms with Crippen LogP contribution in [0.3, 0.4) is 0 Å². The van der Waals surface area contributed by atoms with Gasteiger partial charge in [0.25, 0.3) is 0 Å². The molecular formula is C19H27NO2Yb+3. The van der Waals surface area contributed by atoms with Gasteiger partial charge in [0.15, 0.2) is 0 Å². The second-order valence-corrected chi connectivity index (χ2v) is 5.98. The Labute approximate surface area is 178 Å². The monoisotopic (exact) mass is 475 g/mol. The molecule has 1 heterocycles. The van der Waals surface area contributed by atoms with Crippen LogP contribution in [0.25, 0.3) is 0 Å². The summed E-state index contributed by atoms with van der Waals surface area (Å²) < 4.78 is 0. The number of aliphatic hydroxyl groups is 2. The molecule has 23 heavy (non-hydrogen) atoms. The van der Waals surface area contributed by atoms with Crippen LogP contribution in [-0.2, 0) is 6.42 Å². The van der Waals surface area contributed by atoms with Gasteiger partial charge in [-0.1, -0.05) is 42.5 Å². The summed E-state index contributed by atoms with van der Waals surface area (Å²) in [5.41, 5.74) is 2.07. The summed E-state index contributed by atoms with van der Waals surface area (Å²) in [7, 11) is 0. The summed E-state index contributed by atoms with van der Waals surface area (Å²) in [5, 5.41) is 19.8. The predicted molar refractivity (Wildman–Crippen MR) is 90.9 cm³/mol. The fourth-order valence-electron chi connectivity index (χ4n) is 2.80. The van der Waals surface area contributed by atoms with Gasteiger partial charge in [-0.25, -0.2) is 0 Å². The second-order valence-electron chi connectivity index (χ2n) is 5.98. The molecule has 0 bridgehead atoms. The van der Waals surface area contributed by atoms with Gasteiger partial charge < -0.3 is 10.2 Å². The van der Waals surface area contributed by atoms with Crippen molar-refractivity contribution in [1.82, 2.24) is 4.90 Å². The average molecular weight is 474 g/mol. The first kappa shape index (κ1) is 21.0. The molecule has 131 valence electrons. The summed E-state index contributed by atoms with van der Waals surface area (Å²) in [6, 6.07) is 10.2. The van der Waals surface area contributed by atoms with E-state index in [1.807, 2.05) is 24.3 Å². The molecule has 1 unspecified atom stereocenters. The Morgan fingerprint density at radius 2 is 1.87 bits per heavy atom. The molecule has 1 saturated heterocycles. The molecule has 0 aromatic heterocycles. The number of nitrogens with zero attached hydrogens (tertiary/aromatic N) is 1. The minimum absolute atomic E-state index is 0. The molecule has 2 N–H and O–H groups in total. The maximum absolute atomic E-state index is 10.1. The summed E-state index contributed by atoms with van der Waals surface area (Å²) in [4.78, 5) is 2.41. The van der Waals surface area contributed by atoms with Crippen LogP contribution in [0.15, 0.2) is 53.8 Å². The van der Waals surface area contributed by atoms with Crippen LogP contribution in [0.2, 0.25) is 0 Å². The van der Waals surface area contributed by atoms with Gasteiger partial charge in [-0.3, -0.25) is 4.90 Å². The first-order chi connectivity index (χ1) is 10.7. The van der Waals surface area contributed by atoms with Gasteiger partial charge in [0.05, 0.1) is 0 Å². The SMILES string of the molecule is CC(O)/C(O)=C(\C=C\CN1CCCC1)CCc1ccccc1.[Yb+3]. The van der Waals surface area contributed by atoms with Crippen molar-refractivity contribution >= 4 is 0 Å². The number of aliphatic hydroxyl groups excluding tert-OH is 2. The molecule has 0 amide bonds. The van der Waals surface area contributed by atoms with E-state index in [2.05, 4.69) is 23.1 Å². The summed E-state index contributed by atoms with van der Waals surface area (Å²) in [6.07, 6.45) is 7.42. The number of likely N-dealkylation sites (tertiary alicyclic amines) is 1. The number of hydrogen-bond donors (Lipinski definition) is 2. The summed E-state index contributed by atoms with van der Waals surface area (Å²) in [5.74, 6) is 0.0913. The van der Waals surface area contributed by atoms with Crippen LogP contribution in [0, 0.1) is 46.9 Å². The van der Waals surface area contributed by atoms with Crippen LogP contribution in [0.1, 0.15) is 31.7 Å². The second kappa shape index (κ2) is 11.5. The van der Waals surface area contributed by atoms with Crippen LogP contribution in [0.5, 0.6) is 0 Å². The van der Waals surface area contributed by atoms with E-state index in [9.17, 15) is 10.2 Å². The molecule has 1 radical (unpaired) electrons. The zero-order valence-electron chi connectivity index (χ0n) is 13.7. The van der Waals surface area contributed by atoms with Gasteiger partial charge in [0, 0.05) is 6.54 Å². The van der Waals surface area contributed by atoms with E-state index < -0.39 is 6.10 Å². The van der Waals surface area contributed by atoms with Gasteiger partial charge in [0.1, 0.15) is 11.9 Å². The van der Waals surface area contributed by atoms with Crippen LogP contribution in [-0.4, -0.2) is 40.9 Å². The molecular weight excluding hydrogens is 447 g/mol. The molecule has 1 aromatic rings. The Morgan fingerprint density at radius 1 is 1.22 bits per heavy atom. The Bertz CT molecular complexity index is 505. The molecule has 0 spiro atoms. The minimum Gasteiger partial charge on any atom is -0.509 e. The maximum Gasteiger partial charge on any atom is 3.00 e. The Morgan fingerprint density at radius 3 is 2.48 bits per heavy atom. The van der Waals surface area contributed by atoms with E-state index >= 15 is 0 Å². The zero-order valence-corrected chi connectivity index (χ0v) is 15.4. The van der Waals surface area contributed by atoms with Crippen molar-refractivity contribution in [3.8, 4) is 0 Å². The van der Waals surface area contributed by atoms with Gasteiger partial charge >= 0.3 is 46.9 Å². The van der Waals surface area contributed by atoms with E-state index in [1.165, 1.54) is 18.4 Å².